The Bertz CT molecular complexity index is 323. The predicted molar refractivity (Wildman–Crippen MR) is 56.5 cm³/mol. The summed E-state index contributed by atoms with van der Waals surface area (Å²) < 4.78 is 41.6. The summed E-state index contributed by atoms with van der Waals surface area (Å²) in [5.41, 5.74) is -0.361. The second-order valence-corrected chi connectivity index (χ2v) is 2.78. The summed E-state index contributed by atoms with van der Waals surface area (Å²) in [6.45, 7) is 7.67. The highest BCUT2D eigenvalue weighted by atomic mass is 19.4. The van der Waals surface area contributed by atoms with Crippen LogP contribution in [0.1, 0.15) is 31.9 Å². The minimum Gasteiger partial charge on any atom is -0.478 e. The van der Waals surface area contributed by atoms with E-state index in [2.05, 4.69) is 4.98 Å². The summed E-state index contributed by atoms with van der Waals surface area (Å²) in [7, 11) is 0. The van der Waals surface area contributed by atoms with E-state index < -0.39 is 11.7 Å². The van der Waals surface area contributed by atoms with E-state index in [4.69, 9.17) is 4.74 Å². The van der Waals surface area contributed by atoms with Crippen LogP contribution in [0.5, 0.6) is 5.88 Å². The first kappa shape index (κ1) is 14.7. The van der Waals surface area contributed by atoms with Crippen LogP contribution in [0.4, 0.5) is 13.2 Å². The lowest BCUT2D eigenvalue weighted by atomic mass is 10.2. The number of ether oxygens (including phenoxy) is 1. The minimum absolute atomic E-state index is 0.250. The average Bonchev–Trinajstić information content (AvgIpc) is 2.23. The molecule has 0 bridgehead atoms. The van der Waals surface area contributed by atoms with Gasteiger partial charge >= 0.3 is 6.18 Å². The van der Waals surface area contributed by atoms with Crippen molar-refractivity contribution >= 4 is 0 Å². The molecule has 1 aromatic rings. The van der Waals surface area contributed by atoms with Gasteiger partial charge in [-0.1, -0.05) is 13.8 Å². The van der Waals surface area contributed by atoms with Gasteiger partial charge < -0.3 is 4.74 Å². The van der Waals surface area contributed by atoms with Crippen molar-refractivity contribution in [1.82, 2.24) is 4.98 Å². The van der Waals surface area contributed by atoms with Gasteiger partial charge in [-0.25, -0.2) is 4.98 Å². The first-order valence-corrected chi connectivity index (χ1v) is 5.11. The zero-order chi connectivity index (χ0) is 12.8. The fraction of sp³-hybridized carbons (Fsp3) is 0.545. The van der Waals surface area contributed by atoms with Gasteiger partial charge in [0.2, 0.25) is 5.88 Å². The van der Waals surface area contributed by atoms with Crippen LogP contribution in [-0.4, -0.2) is 11.6 Å². The number of pyridine rings is 1. The predicted octanol–water partition coefficient (Wildman–Crippen LogP) is 3.83. The summed E-state index contributed by atoms with van der Waals surface area (Å²) in [5.74, 6) is 0.250. The Morgan fingerprint density at radius 2 is 1.88 bits per heavy atom. The fourth-order valence-corrected chi connectivity index (χ4v) is 1.01. The van der Waals surface area contributed by atoms with E-state index in [1.165, 1.54) is 6.92 Å². The molecule has 1 heterocycles. The van der Waals surface area contributed by atoms with E-state index in [1.54, 1.807) is 6.92 Å². The molecular formula is C11H16F3NO. The van der Waals surface area contributed by atoms with E-state index in [1.807, 2.05) is 13.8 Å². The highest BCUT2D eigenvalue weighted by Gasteiger charge is 2.31. The Kier molecular flexibility index (Phi) is 5.85. The van der Waals surface area contributed by atoms with Crippen LogP contribution in [0, 0.1) is 6.92 Å². The topological polar surface area (TPSA) is 22.1 Å². The smallest absolute Gasteiger partial charge is 0.417 e. The molecule has 2 nitrogen and oxygen atoms in total. The Balaban J connectivity index is 0.00000106. The quantitative estimate of drug-likeness (QED) is 0.777. The number of hydrogen-bond donors (Lipinski definition) is 0. The van der Waals surface area contributed by atoms with Crippen molar-refractivity contribution < 1.29 is 17.9 Å². The lowest BCUT2D eigenvalue weighted by molar-refractivity contribution is -0.137. The molecule has 0 saturated carbocycles. The van der Waals surface area contributed by atoms with Crippen LogP contribution in [0.25, 0.3) is 0 Å². The lowest BCUT2D eigenvalue weighted by Gasteiger charge is -2.09. The third-order valence-corrected chi connectivity index (χ3v) is 1.64. The molecule has 0 atom stereocenters. The van der Waals surface area contributed by atoms with Gasteiger partial charge in [0.15, 0.2) is 0 Å². The van der Waals surface area contributed by atoms with Crippen molar-refractivity contribution in [3.05, 3.63) is 23.4 Å². The zero-order valence-corrected chi connectivity index (χ0v) is 9.85. The van der Waals surface area contributed by atoms with E-state index >= 15 is 0 Å². The summed E-state index contributed by atoms with van der Waals surface area (Å²) in [5, 5.41) is 0. The normalized spacial score (nSPS) is 10.4. The van der Waals surface area contributed by atoms with Gasteiger partial charge in [-0.2, -0.15) is 13.2 Å². The van der Waals surface area contributed by atoms with Crippen molar-refractivity contribution in [2.24, 2.45) is 0 Å². The SMILES string of the molecule is CC.CCOc1ncc(C(F)(F)F)cc1C. The molecule has 0 unspecified atom stereocenters. The Labute approximate surface area is 93.5 Å². The molecular weight excluding hydrogens is 219 g/mol. The minimum atomic E-state index is -4.34. The fourth-order valence-electron chi connectivity index (χ4n) is 1.01. The van der Waals surface area contributed by atoms with Gasteiger partial charge in [0.05, 0.1) is 12.2 Å². The summed E-state index contributed by atoms with van der Waals surface area (Å²) in [4.78, 5) is 3.59. The Hall–Kier alpha value is -1.26. The molecule has 0 aliphatic carbocycles. The number of nitrogens with zero attached hydrogens (tertiary/aromatic N) is 1. The van der Waals surface area contributed by atoms with Crippen LogP contribution in [-0.2, 0) is 6.18 Å². The first-order valence-electron chi connectivity index (χ1n) is 5.11. The number of aromatic nitrogens is 1. The van der Waals surface area contributed by atoms with Crippen molar-refractivity contribution in [2.45, 2.75) is 33.9 Å². The van der Waals surface area contributed by atoms with Crippen LogP contribution < -0.4 is 4.74 Å². The van der Waals surface area contributed by atoms with Gasteiger partial charge in [0.1, 0.15) is 0 Å². The monoisotopic (exact) mass is 235 g/mol. The number of alkyl halides is 3. The third-order valence-electron chi connectivity index (χ3n) is 1.64. The third kappa shape index (κ3) is 4.08. The molecule has 0 saturated heterocycles. The summed E-state index contributed by atoms with van der Waals surface area (Å²) in [6, 6.07) is 1.03. The molecule has 0 spiro atoms. The molecule has 0 amide bonds. The molecule has 0 aliphatic heterocycles. The van der Waals surface area contributed by atoms with Crippen LogP contribution in [0.15, 0.2) is 12.3 Å². The molecule has 1 aromatic heterocycles. The zero-order valence-electron chi connectivity index (χ0n) is 9.85. The van der Waals surface area contributed by atoms with Gasteiger partial charge in [-0.05, 0) is 19.9 Å². The molecule has 16 heavy (non-hydrogen) atoms. The van der Waals surface area contributed by atoms with Crippen LogP contribution >= 0.6 is 0 Å². The van der Waals surface area contributed by atoms with Crippen molar-refractivity contribution in [1.29, 1.82) is 0 Å². The summed E-state index contributed by atoms with van der Waals surface area (Å²) in [6.07, 6.45) is -3.57. The van der Waals surface area contributed by atoms with Crippen molar-refractivity contribution in [3.8, 4) is 5.88 Å². The second-order valence-electron chi connectivity index (χ2n) is 2.78. The van der Waals surface area contributed by atoms with Gasteiger partial charge in [-0.3, -0.25) is 0 Å². The average molecular weight is 235 g/mol. The Morgan fingerprint density at radius 1 is 1.31 bits per heavy atom. The van der Waals surface area contributed by atoms with Crippen molar-refractivity contribution in [3.63, 3.8) is 0 Å². The molecule has 1 rings (SSSR count). The van der Waals surface area contributed by atoms with Crippen LogP contribution in [0.2, 0.25) is 0 Å². The Morgan fingerprint density at radius 3 is 2.25 bits per heavy atom. The van der Waals surface area contributed by atoms with E-state index in [0.717, 1.165) is 12.3 Å². The van der Waals surface area contributed by atoms with Crippen LogP contribution in [0.3, 0.4) is 0 Å². The molecule has 0 aromatic carbocycles. The molecule has 0 aliphatic rings. The van der Waals surface area contributed by atoms with E-state index in [9.17, 15) is 13.2 Å². The standard InChI is InChI=1S/C9H10F3NO.C2H6/c1-3-14-8-6(2)4-7(5-13-8)9(10,11)12;1-2/h4-5H,3H2,1-2H3;1-2H3. The maximum absolute atomic E-state index is 12.2. The van der Waals surface area contributed by atoms with E-state index in [-0.39, 0.29) is 5.88 Å². The maximum atomic E-state index is 12.2. The highest BCUT2D eigenvalue weighted by molar-refractivity contribution is 5.29. The number of hydrogen-bond acceptors (Lipinski definition) is 2. The summed E-state index contributed by atoms with van der Waals surface area (Å²) >= 11 is 0. The number of rotatable bonds is 2. The molecule has 0 radical (unpaired) electrons. The largest absolute Gasteiger partial charge is 0.478 e. The van der Waals surface area contributed by atoms with E-state index in [0.29, 0.717) is 12.2 Å². The molecule has 0 N–H and O–H groups in total. The van der Waals surface area contributed by atoms with Gasteiger partial charge in [-0.15, -0.1) is 0 Å². The second kappa shape index (κ2) is 6.35. The maximum Gasteiger partial charge on any atom is 0.417 e. The van der Waals surface area contributed by atoms with Gasteiger partial charge in [0, 0.05) is 11.8 Å². The van der Waals surface area contributed by atoms with Crippen molar-refractivity contribution in [2.75, 3.05) is 6.61 Å². The highest BCUT2D eigenvalue weighted by Crippen LogP contribution is 2.30. The molecule has 0 fully saturated rings. The first-order chi connectivity index (χ1) is 7.45. The molecule has 5 heteroatoms. The van der Waals surface area contributed by atoms with Gasteiger partial charge in [0.25, 0.3) is 0 Å². The number of aryl methyl sites for hydroxylation is 1. The molecule has 92 valence electrons. The number of halogens is 3. The lowest BCUT2D eigenvalue weighted by Crippen LogP contribution is -2.07.